The Morgan fingerprint density at radius 3 is 2.31 bits per heavy atom. The van der Waals surface area contributed by atoms with Crippen molar-refractivity contribution in [3.8, 4) is 5.75 Å². The molecular formula is C23H32N2O3S. The van der Waals surface area contributed by atoms with E-state index in [1.54, 1.807) is 33.1 Å². The summed E-state index contributed by atoms with van der Waals surface area (Å²) in [6, 6.07) is 11.4. The maximum absolute atomic E-state index is 13.0. The van der Waals surface area contributed by atoms with Crippen molar-refractivity contribution in [2.45, 2.75) is 51.5 Å². The number of nitrogens with one attached hydrogen (secondary N) is 1. The van der Waals surface area contributed by atoms with E-state index in [1.807, 2.05) is 19.1 Å². The molecule has 0 aromatic heterocycles. The second kappa shape index (κ2) is 8.76. The van der Waals surface area contributed by atoms with E-state index in [0.29, 0.717) is 27.7 Å². The number of rotatable bonds is 6. The Kier molecular flexibility index (Phi) is 6.54. The van der Waals surface area contributed by atoms with Crippen molar-refractivity contribution >= 4 is 15.7 Å². The van der Waals surface area contributed by atoms with Gasteiger partial charge in [-0.2, -0.15) is 0 Å². The second-order valence-corrected chi connectivity index (χ2v) is 9.87. The first-order valence-corrected chi connectivity index (χ1v) is 11.7. The van der Waals surface area contributed by atoms with Gasteiger partial charge in [-0.05, 0) is 80.5 Å². The van der Waals surface area contributed by atoms with Gasteiger partial charge in [0.05, 0.1) is 12.0 Å². The fourth-order valence-corrected chi connectivity index (χ4v) is 5.89. The lowest BCUT2D eigenvalue weighted by Gasteiger charge is -2.33. The predicted octanol–water partition coefficient (Wildman–Crippen LogP) is 4.59. The molecule has 2 atom stereocenters. The molecule has 1 heterocycles. The number of aryl methyl sites for hydroxylation is 2. The molecule has 0 spiro atoms. The maximum atomic E-state index is 13.0. The lowest BCUT2D eigenvalue weighted by atomic mass is 9.99. The molecule has 29 heavy (non-hydrogen) atoms. The SMILES string of the molecule is COc1cc(C)c(S(=O)(=O)N[C@@H](C)c2ccc(N3CCC[C@H](C)C3)cc2)c(C)c1. The summed E-state index contributed by atoms with van der Waals surface area (Å²) in [5, 5.41) is 0. The highest BCUT2D eigenvalue weighted by molar-refractivity contribution is 7.89. The number of anilines is 1. The number of nitrogens with zero attached hydrogens (tertiary/aromatic N) is 1. The zero-order valence-corrected chi connectivity index (χ0v) is 18.8. The summed E-state index contributed by atoms with van der Waals surface area (Å²) in [5.41, 5.74) is 3.51. The van der Waals surface area contributed by atoms with Gasteiger partial charge < -0.3 is 9.64 Å². The number of ether oxygens (including phenoxy) is 1. The van der Waals surface area contributed by atoms with Crippen molar-refractivity contribution in [2.75, 3.05) is 25.1 Å². The summed E-state index contributed by atoms with van der Waals surface area (Å²) < 4.78 is 34.2. The average Bonchev–Trinajstić information content (AvgIpc) is 2.66. The molecule has 1 saturated heterocycles. The Morgan fingerprint density at radius 1 is 1.14 bits per heavy atom. The third-order valence-corrected chi connectivity index (χ3v) is 7.53. The van der Waals surface area contributed by atoms with Crippen LogP contribution >= 0.6 is 0 Å². The quantitative estimate of drug-likeness (QED) is 0.748. The highest BCUT2D eigenvalue weighted by Crippen LogP contribution is 2.28. The van der Waals surface area contributed by atoms with Crippen LogP contribution in [0.3, 0.4) is 0 Å². The van der Waals surface area contributed by atoms with Crippen molar-refractivity contribution in [1.82, 2.24) is 4.72 Å². The highest BCUT2D eigenvalue weighted by Gasteiger charge is 2.23. The van der Waals surface area contributed by atoms with Gasteiger partial charge in [0.1, 0.15) is 5.75 Å². The van der Waals surface area contributed by atoms with Crippen LogP contribution in [0.2, 0.25) is 0 Å². The largest absolute Gasteiger partial charge is 0.497 e. The van der Waals surface area contributed by atoms with Crippen LogP contribution in [-0.4, -0.2) is 28.6 Å². The molecule has 0 amide bonds. The first-order chi connectivity index (χ1) is 13.7. The molecule has 158 valence electrons. The molecule has 0 saturated carbocycles. The third-order valence-electron chi connectivity index (χ3n) is 5.69. The molecule has 2 aromatic carbocycles. The smallest absolute Gasteiger partial charge is 0.241 e. The number of sulfonamides is 1. The molecule has 1 fully saturated rings. The minimum Gasteiger partial charge on any atom is -0.497 e. The fraction of sp³-hybridized carbons (Fsp3) is 0.478. The van der Waals surface area contributed by atoms with Crippen LogP contribution in [0.5, 0.6) is 5.75 Å². The van der Waals surface area contributed by atoms with Crippen LogP contribution in [0.15, 0.2) is 41.3 Å². The Balaban J connectivity index is 1.76. The minimum atomic E-state index is -3.65. The van der Waals surface area contributed by atoms with Crippen LogP contribution in [0.1, 0.15) is 49.4 Å². The lowest BCUT2D eigenvalue weighted by molar-refractivity contribution is 0.413. The number of benzene rings is 2. The first-order valence-electron chi connectivity index (χ1n) is 10.2. The van der Waals surface area contributed by atoms with Crippen molar-refractivity contribution in [3.63, 3.8) is 0 Å². The molecule has 0 bridgehead atoms. The number of methoxy groups -OCH3 is 1. The maximum Gasteiger partial charge on any atom is 0.241 e. The van der Waals surface area contributed by atoms with Gasteiger partial charge in [0.15, 0.2) is 0 Å². The summed E-state index contributed by atoms with van der Waals surface area (Å²) in [5.74, 6) is 1.37. The van der Waals surface area contributed by atoms with Crippen LogP contribution < -0.4 is 14.4 Å². The average molecular weight is 417 g/mol. The highest BCUT2D eigenvalue weighted by atomic mass is 32.2. The summed E-state index contributed by atoms with van der Waals surface area (Å²) in [4.78, 5) is 2.74. The number of hydrogen-bond acceptors (Lipinski definition) is 4. The summed E-state index contributed by atoms with van der Waals surface area (Å²) in [7, 11) is -2.07. The topological polar surface area (TPSA) is 58.6 Å². The number of piperidine rings is 1. The van der Waals surface area contributed by atoms with Gasteiger partial charge >= 0.3 is 0 Å². The Bertz CT molecular complexity index is 932. The van der Waals surface area contributed by atoms with E-state index in [0.717, 1.165) is 18.7 Å². The molecule has 5 nitrogen and oxygen atoms in total. The van der Waals surface area contributed by atoms with Crippen molar-refractivity contribution in [2.24, 2.45) is 5.92 Å². The molecule has 1 aliphatic rings. The van der Waals surface area contributed by atoms with Gasteiger partial charge in [0.25, 0.3) is 0 Å². The van der Waals surface area contributed by atoms with Crippen LogP contribution in [0, 0.1) is 19.8 Å². The molecule has 1 N–H and O–H groups in total. The van der Waals surface area contributed by atoms with Gasteiger partial charge in [0, 0.05) is 24.8 Å². The Labute approximate surface area is 175 Å². The van der Waals surface area contributed by atoms with Gasteiger partial charge in [-0.25, -0.2) is 13.1 Å². The molecule has 3 rings (SSSR count). The van der Waals surface area contributed by atoms with Crippen molar-refractivity contribution in [3.05, 3.63) is 53.1 Å². The van der Waals surface area contributed by atoms with Crippen LogP contribution in [-0.2, 0) is 10.0 Å². The van der Waals surface area contributed by atoms with E-state index < -0.39 is 10.0 Å². The van der Waals surface area contributed by atoms with E-state index >= 15 is 0 Å². The minimum absolute atomic E-state index is 0.323. The fourth-order valence-electron chi connectivity index (χ4n) is 4.21. The van der Waals surface area contributed by atoms with Gasteiger partial charge in [-0.15, -0.1) is 0 Å². The molecule has 1 aliphatic heterocycles. The van der Waals surface area contributed by atoms with Crippen LogP contribution in [0.25, 0.3) is 0 Å². The standard InChI is InChI=1S/C23H32N2O3S/c1-16-7-6-12-25(15-16)21-10-8-20(9-11-21)19(4)24-29(26,27)23-17(2)13-22(28-5)14-18(23)3/h8-11,13-14,16,19,24H,6-7,12,15H2,1-5H3/t16-,19-/m0/s1. The third kappa shape index (κ3) is 4.93. The van der Waals surface area contributed by atoms with Gasteiger partial charge in [-0.3, -0.25) is 0 Å². The van der Waals surface area contributed by atoms with E-state index in [1.165, 1.54) is 18.5 Å². The van der Waals surface area contributed by atoms with Crippen molar-refractivity contribution < 1.29 is 13.2 Å². The monoisotopic (exact) mass is 416 g/mol. The first kappa shape index (κ1) is 21.7. The van der Waals surface area contributed by atoms with Gasteiger partial charge in [-0.1, -0.05) is 19.1 Å². The molecule has 2 aromatic rings. The van der Waals surface area contributed by atoms with Gasteiger partial charge in [0.2, 0.25) is 10.0 Å². The molecule has 0 radical (unpaired) electrons. The summed E-state index contributed by atoms with van der Waals surface area (Å²) in [6.45, 7) is 9.93. The normalized spacial score (nSPS) is 18.5. The van der Waals surface area contributed by atoms with E-state index in [-0.39, 0.29) is 6.04 Å². The van der Waals surface area contributed by atoms with Crippen LogP contribution in [0.4, 0.5) is 5.69 Å². The summed E-state index contributed by atoms with van der Waals surface area (Å²) in [6.07, 6.45) is 2.51. The second-order valence-electron chi connectivity index (χ2n) is 8.22. The molecular weight excluding hydrogens is 384 g/mol. The van der Waals surface area contributed by atoms with E-state index in [4.69, 9.17) is 4.74 Å². The molecule has 6 heteroatoms. The zero-order chi connectivity index (χ0) is 21.2. The predicted molar refractivity (Wildman–Crippen MR) is 118 cm³/mol. The zero-order valence-electron chi connectivity index (χ0n) is 18.0. The van der Waals surface area contributed by atoms with E-state index in [9.17, 15) is 8.42 Å². The lowest BCUT2D eigenvalue weighted by Crippen LogP contribution is -2.34. The summed E-state index contributed by atoms with van der Waals surface area (Å²) >= 11 is 0. The van der Waals surface area contributed by atoms with Crippen molar-refractivity contribution in [1.29, 1.82) is 0 Å². The molecule has 0 aliphatic carbocycles. The van der Waals surface area contributed by atoms with E-state index in [2.05, 4.69) is 28.7 Å². The molecule has 0 unspecified atom stereocenters. The Morgan fingerprint density at radius 2 is 1.76 bits per heavy atom. The number of hydrogen-bond donors (Lipinski definition) is 1. The Hall–Kier alpha value is -2.05.